The predicted octanol–water partition coefficient (Wildman–Crippen LogP) is 4.84. The first-order valence-corrected chi connectivity index (χ1v) is 7.96. The molecule has 3 rings (SSSR count). The summed E-state index contributed by atoms with van der Waals surface area (Å²) in [5.41, 5.74) is 1.99. The number of amides is 1. The number of benzene rings is 2. The number of hydrogen-bond donors (Lipinski definition) is 0. The van der Waals surface area contributed by atoms with Crippen molar-refractivity contribution in [3.05, 3.63) is 70.7 Å². The Hall–Kier alpha value is -1.80. The number of carbonyl (C=O) groups excluding carboxylic acids is 1. The standard InChI is InChI=1S/C19H20ClNO/c1-19(2)12-17(15-8-10-16(20)11-9-15)21(18(19)22)13-14-6-4-3-5-7-14/h3-11,17H,12-13H2,1-2H3/t17-/m1/s1. The van der Waals surface area contributed by atoms with Gasteiger partial charge in [0.25, 0.3) is 0 Å². The Balaban J connectivity index is 1.92. The Morgan fingerprint density at radius 2 is 1.73 bits per heavy atom. The average Bonchev–Trinajstić information content (AvgIpc) is 2.73. The van der Waals surface area contributed by atoms with Gasteiger partial charge in [-0.25, -0.2) is 0 Å². The first kappa shape index (κ1) is 15.1. The van der Waals surface area contributed by atoms with Crippen molar-refractivity contribution < 1.29 is 4.79 Å². The predicted molar refractivity (Wildman–Crippen MR) is 89.6 cm³/mol. The Kier molecular flexibility index (Phi) is 3.96. The van der Waals surface area contributed by atoms with Crippen molar-refractivity contribution in [3.63, 3.8) is 0 Å². The third kappa shape index (κ3) is 2.89. The number of nitrogens with zero attached hydrogens (tertiary/aromatic N) is 1. The molecular formula is C19H20ClNO. The van der Waals surface area contributed by atoms with Crippen LogP contribution in [0.2, 0.25) is 5.02 Å². The molecule has 0 bridgehead atoms. The number of halogens is 1. The topological polar surface area (TPSA) is 20.3 Å². The maximum absolute atomic E-state index is 12.8. The van der Waals surface area contributed by atoms with Gasteiger partial charge in [0, 0.05) is 17.0 Å². The van der Waals surface area contributed by atoms with Gasteiger partial charge in [0.1, 0.15) is 0 Å². The van der Waals surface area contributed by atoms with Gasteiger partial charge in [-0.1, -0.05) is 67.9 Å². The van der Waals surface area contributed by atoms with E-state index in [1.165, 1.54) is 0 Å². The molecule has 0 aromatic heterocycles. The van der Waals surface area contributed by atoms with Crippen molar-refractivity contribution in [2.45, 2.75) is 32.9 Å². The molecule has 2 aromatic carbocycles. The molecule has 1 aliphatic rings. The molecule has 1 amide bonds. The summed E-state index contributed by atoms with van der Waals surface area (Å²) in [6.07, 6.45) is 0.834. The van der Waals surface area contributed by atoms with Crippen molar-refractivity contribution in [2.24, 2.45) is 5.41 Å². The maximum Gasteiger partial charge on any atom is 0.229 e. The fraction of sp³-hybridized carbons (Fsp3) is 0.316. The zero-order valence-electron chi connectivity index (χ0n) is 12.9. The zero-order valence-corrected chi connectivity index (χ0v) is 13.7. The van der Waals surface area contributed by atoms with E-state index in [-0.39, 0.29) is 17.4 Å². The molecule has 2 aromatic rings. The number of carbonyl (C=O) groups is 1. The SMILES string of the molecule is CC1(C)C[C@H](c2ccc(Cl)cc2)N(Cc2ccccc2)C1=O. The monoisotopic (exact) mass is 313 g/mol. The van der Waals surface area contributed by atoms with Crippen LogP contribution in [0.1, 0.15) is 37.4 Å². The molecule has 1 atom stereocenters. The highest BCUT2D eigenvalue weighted by molar-refractivity contribution is 6.30. The molecule has 0 aliphatic carbocycles. The molecule has 0 N–H and O–H groups in total. The van der Waals surface area contributed by atoms with Gasteiger partial charge in [-0.05, 0) is 29.7 Å². The summed E-state index contributed by atoms with van der Waals surface area (Å²) < 4.78 is 0. The van der Waals surface area contributed by atoms with E-state index in [4.69, 9.17) is 11.6 Å². The molecule has 0 radical (unpaired) electrons. The summed E-state index contributed by atoms with van der Waals surface area (Å²) in [7, 11) is 0. The third-order valence-electron chi connectivity index (χ3n) is 4.37. The minimum atomic E-state index is -0.320. The van der Waals surface area contributed by atoms with Crippen LogP contribution in [-0.4, -0.2) is 10.8 Å². The zero-order chi connectivity index (χ0) is 15.7. The maximum atomic E-state index is 12.8. The van der Waals surface area contributed by atoms with E-state index in [9.17, 15) is 4.79 Å². The molecule has 1 aliphatic heterocycles. The van der Waals surface area contributed by atoms with E-state index in [1.807, 2.05) is 61.2 Å². The van der Waals surface area contributed by atoms with E-state index in [0.29, 0.717) is 6.54 Å². The minimum absolute atomic E-state index is 0.111. The molecular weight excluding hydrogens is 294 g/mol. The fourth-order valence-corrected chi connectivity index (χ4v) is 3.28. The van der Waals surface area contributed by atoms with Crippen LogP contribution in [-0.2, 0) is 11.3 Å². The second-order valence-electron chi connectivity index (χ2n) is 6.57. The Bertz CT molecular complexity index is 664. The summed E-state index contributed by atoms with van der Waals surface area (Å²) >= 11 is 5.99. The van der Waals surface area contributed by atoms with E-state index < -0.39 is 0 Å². The number of hydrogen-bond acceptors (Lipinski definition) is 1. The van der Waals surface area contributed by atoms with Crippen molar-refractivity contribution in [1.29, 1.82) is 0 Å². The smallest absolute Gasteiger partial charge is 0.229 e. The lowest BCUT2D eigenvalue weighted by atomic mass is 9.88. The molecule has 1 fully saturated rings. The second-order valence-corrected chi connectivity index (χ2v) is 7.01. The van der Waals surface area contributed by atoms with Gasteiger partial charge >= 0.3 is 0 Å². The van der Waals surface area contributed by atoms with Gasteiger partial charge < -0.3 is 4.90 Å². The molecule has 0 saturated carbocycles. The van der Waals surface area contributed by atoms with E-state index >= 15 is 0 Å². The van der Waals surface area contributed by atoms with Gasteiger partial charge in [0.05, 0.1) is 6.04 Å². The lowest BCUT2D eigenvalue weighted by molar-refractivity contribution is -0.136. The molecule has 2 nitrogen and oxygen atoms in total. The summed E-state index contributed by atoms with van der Waals surface area (Å²) in [5, 5.41) is 0.724. The minimum Gasteiger partial charge on any atom is -0.331 e. The largest absolute Gasteiger partial charge is 0.331 e. The molecule has 1 heterocycles. The molecule has 22 heavy (non-hydrogen) atoms. The van der Waals surface area contributed by atoms with Crippen LogP contribution < -0.4 is 0 Å². The molecule has 114 valence electrons. The highest BCUT2D eigenvalue weighted by atomic mass is 35.5. The number of likely N-dealkylation sites (tertiary alicyclic amines) is 1. The summed E-state index contributed by atoms with van der Waals surface area (Å²) in [4.78, 5) is 14.8. The first-order valence-electron chi connectivity index (χ1n) is 7.58. The fourth-order valence-electron chi connectivity index (χ4n) is 3.16. The van der Waals surface area contributed by atoms with Crippen molar-refractivity contribution >= 4 is 17.5 Å². The van der Waals surface area contributed by atoms with E-state index in [0.717, 1.165) is 22.6 Å². The Labute approximate surface area is 136 Å². The third-order valence-corrected chi connectivity index (χ3v) is 4.62. The first-order chi connectivity index (χ1) is 10.5. The van der Waals surface area contributed by atoms with Crippen molar-refractivity contribution in [2.75, 3.05) is 0 Å². The van der Waals surface area contributed by atoms with Gasteiger partial charge in [-0.2, -0.15) is 0 Å². The molecule has 0 spiro atoms. The highest BCUT2D eigenvalue weighted by Crippen LogP contribution is 2.44. The highest BCUT2D eigenvalue weighted by Gasteiger charge is 2.45. The van der Waals surface area contributed by atoms with Crippen LogP contribution in [0.5, 0.6) is 0 Å². The molecule has 0 unspecified atom stereocenters. The van der Waals surface area contributed by atoms with Crippen LogP contribution in [0.4, 0.5) is 0 Å². The van der Waals surface area contributed by atoms with Gasteiger partial charge in [0.2, 0.25) is 5.91 Å². The summed E-state index contributed by atoms with van der Waals surface area (Å²) in [6, 6.07) is 18.1. The normalized spacial score (nSPS) is 20.4. The summed E-state index contributed by atoms with van der Waals surface area (Å²) in [6.45, 7) is 4.71. The second kappa shape index (κ2) is 5.77. The lowest BCUT2D eigenvalue weighted by Crippen LogP contribution is -2.31. The number of rotatable bonds is 3. The van der Waals surface area contributed by atoms with Crippen LogP contribution in [0, 0.1) is 5.41 Å². The van der Waals surface area contributed by atoms with Crippen LogP contribution >= 0.6 is 11.6 Å². The average molecular weight is 314 g/mol. The van der Waals surface area contributed by atoms with E-state index in [2.05, 4.69) is 12.1 Å². The van der Waals surface area contributed by atoms with Crippen molar-refractivity contribution in [1.82, 2.24) is 4.90 Å². The van der Waals surface area contributed by atoms with Gasteiger partial charge in [-0.3, -0.25) is 4.79 Å². The quantitative estimate of drug-likeness (QED) is 0.794. The Morgan fingerprint density at radius 1 is 1.09 bits per heavy atom. The summed E-state index contributed by atoms with van der Waals surface area (Å²) in [5.74, 6) is 0.219. The van der Waals surface area contributed by atoms with Crippen LogP contribution in [0.15, 0.2) is 54.6 Å². The van der Waals surface area contributed by atoms with Gasteiger partial charge in [-0.15, -0.1) is 0 Å². The van der Waals surface area contributed by atoms with Crippen molar-refractivity contribution in [3.8, 4) is 0 Å². The van der Waals surface area contributed by atoms with Crippen LogP contribution in [0.3, 0.4) is 0 Å². The molecule has 3 heteroatoms. The molecule has 1 saturated heterocycles. The van der Waals surface area contributed by atoms with E-state index in [1.54, 1.807) is 0 Å². The lowest BCUT2D eigenvalue weighted by Gasteiger charge is -2.25. The van der Waals surface area contributed by atoms with Crippen LogP contribution in [0.25, 0.3) is 0 Å². The van der Waals surface area contributed by atoms with Gasteiger partial charge in [0.15, 0.2) is 0 Å². The Morgan fingerprint density at radius 3 is 2.36 bits per heavy atom.